The fourth-order valence-corrected chi connectivity index (χ4v) is 3.94. The van der Waals surface area contributed by atoms with Crippen LogP contribution in [-0.4, -0.2) is 43.3 Å². The Morgan fingerprint density at radius 3 is 2.83 bits per heavy atom. The van der Waals surface area contributed by atoms with Crippen LogP contribution in [0.3, 0.4) is 0 Å². The van der Waals surface area contributed by atoms with E-state index in [1.807, 2.05) is 18.2 Å². The number of hydrogen-bond acceptors (Lipinski definition) is 5. The molecular weight excluding hydrogens is 385 g/mol. The third kappa shape index (κ3) is 5.36. The van der Waals surface area contributed by atoms with Crippen LogP contribution in [0.15, 0.2) is 48.5 Å². The van der Waals surface area contributed by atoms with Crippen molar-refractivity contribution in [2.75, 3.05) is 26.4 Å². The Balaban J connectivity index is 1.41. The van der Waals surface area contributed by atoms with Gasteiger partial charge in [-0.25, -0.2) is 4.39 Å². The Morgan fingerprint density at radius 2 is 1.97 bits per heavy atom. The molecule has 0 spiro atoms. The van der Waals surface area contributed by atoms with Crippen LogP contribution in [-0.2, 0) is 4.84 Å². The number of hydroxylamine groups is 1. The number of nitrogens with one attached hydrogen (secondary N) is 2. The van der Waals surface area contributed by atoms with E-state index in [2.05, 4.69) is 27.8 Å². The highest BCUT2D eigenvalue weighted by molar-refractivity contribution is 5.96. The monoisotopic (exact) mass is 413 g/mol. The molecule has 0 aromatic heterocycles. The van der Waals surface area contributed by atoms with E-state index in [0.717, 1.165) is 38.8 Å². The summed E-state index contributed by atoms with van der Waals surface area (Å²) in [5.74, 6) is -0.355. The van der Waals surface area contributed by atoms with Crippen LogP contribution in [0.5, 0.6) is 5.75 Å². The first-order valence-electron chi connectivity index (χ1n) is 10.6. The molecule has 2 unspecified atom stereocenters. The Labute approximate surface area is 176 Å². The van der Waals surface area contributed by atoms with E-state index in [0.29, 0.717) is 19.0 Å². The summed E-state index contributed by atoms with van der Waals surface area (Å²) in [6.45, 7) is 2.49. The second-order valence-corrected chi connectivity index (χ2v) is 7.86. The number of benzene rings is 2. The molecule has 0 radical (unpaired) electrons. The number of halogens is 1. The van der Waals surface area contributed by atoms with Gasteiger partial charge in [-0.15, -0.1) is 0 Å². The largest absolute Gasteiger partial charge is 0.477 e. The smallest absolute Gasteiger partial charge is 0.255 e. The SMILES string of the molecule is O=C1NCCCCCN(CC2CC(c3ccccc3)NO2)COc2ccc(F)cc21. The second-order valence-electron chi connectivity index (χ2n) is 7.86. The second kappa shape index (κ2) is 10.0. The zero-order valence-corrected chi connectivity index (χ0v) is 17.0. The molecule has 7 heteroatoms. The normalized spacial score (nSPS) is 23.6. The minimum Gasteiger partial charge on any atom is -0.477 e. The molecule has 1 saturated heterocycles. The lowest BCUT2D eigenvalue weighted by Gasteiger charge is -2.26. The molecule has 2 aromatic rings. The standard InChI is InChI=1S/C23H28FN3O3/c24-18-9-10-22-20(13-18)23(28)25-11-5-2-6-12-27(16-29-22)15-19-14-21(26-30-19)17-7-3-1-4-8-17/h1,3-4,7-10,13,19,21,26H,2,5-6,11-12,14-16H2,(H,25,28). The Morgan fingerprint density at radius 1 is 1.10 bits per heavy atom. The van der Waals surface area contributed by atoms with E-state index in [1.165, 1.54) is 23.8 Å². The van der Waals surface area contributed by atoms with Crippen LogP contribution in [0, 0.1) is 5.82 Å². The van der Waals surface area contributed by atoms with E-state index in [1.54, 1.807) is 0 Å². The lowest BCUT2D eigenvalue weighted by molar-refractivity contribution is -0.00670. The van der Waals surface area contributed by atoms with Crippen LogP contribution in [0.25, 0.3) is 0 Å². The van der Waals surface area contributed by atoms with Crippen LogP contribution in [0.4, 0.5) is 4.39 Å². The molecule has 4 rings (SSSR count). The third-order valence-corrected chi connectivity index (χ3v) is 5.56. The summed E-state index contributed by atoms with van der Waals surface area (Å²) in [7, 11) is 0. The van der Waals surface area contributed by atoms with Crippen molar-refractivity contribution in [1.29, 1.82) is 0 Å². The van der Waals surface area contributed by atoms with Crippen LogP contribution < -0.4 is 15.5 Å². The van der Waals surface area contributed by atoms with Gasteiger partial charge in [0.2, 0.25) is 0 Å². The Kier molecular flexibility index (Phi) is 6.94. The number of carbonyl (C=O) groups is 1. The highest BCUT2D eigenvalue weighted by Crippen LogP contribution is 2.26. The molecular formula is C23H28FN3O3. The van der Waals surface area contributed by atoms with Gasteiger partial charge in [0.05, 0.1) is 17.7 Å². The number of fused-ring (bicyclic) bond motifs is 1. The Hall–Kier alpha value is -2.48. The summed E-state index contributed by atoms with van der Waals surface area (Å²) in [5, 5.41) is 2.85. The van der Waals surface area contributed by atoms with Crippen LogP contribution >= 0.6 is 0 Å². The topological polar surface area (TPSA) is 62.8 Å². The molecule has 1 fully saturated rings. The molecule has 2 aromatic carbocycles. The van der Waals surface area contributed by atoms with E-state index < -0.39 is 5.82 Å². The van der Waals surface area contributed by atoms with Gasteiger partial charge in [0.1, 0.15) is 18.3 Å². The average Bonchev–Trinajstić information content (AvgIpc) is 3.23. The van der Waals surface area contributed by atoms with Gasteiger partial charge in [0.15, 0.2) is 0 Å². The molecule has 2 heterocycles. The van der Waals surface area contributed by atoms with Gasteiger partial charge in [0, 0.05) is 19.6 Å². The minimum absolute atomic E-state index is 0.0442. The number of hydrogen-bond donors (Lipinski definition) is 2. The first kappa shape index (κ1) is 20.8. The molecule has 0 aliphatic carbocycles. The predicted octanol–water partition coefficient (Wildman–Crippen LogP) is 3.41. The van der Waals surface area contributed by atoms with Crippen molar-refractivity contribution in [3.05, 3.63) is 65.5 Å². The lowest BCUT2D eigenvalue weighted by Crippen LogP contribution is -2.37. The highest BCUT2D eigenvalue weighted by Gasteiger charge is 2.28. The van der Waals surface area contributed by atoms with Crippen molar-refractivity contribution in [3.8, 4) is 5.75 Å². The summed E-state index contributed by atoms with van der Waals surface area (Å²) >= 11 is 0. The quantitative estimate of drug-likeness (QED) is 0.808. The zero-order valence-electron chi connectivity index (χ0n) is 17.0. The molecule has 2 N–H and O–H groups in total. The van der Waals surface area contributed by atoms with Gasteiger partial charge in [0.25, 0.3) is 5.91 Å². The number of rotatable bonds is 3. The zero-order chi connectivity index (χ0) is 20.8. The van der Waals surface area contributed by atoms with E-state index in [-0.39, 0.29) is 23.6 Å². The number of carbonyl (C=O) groups excluding carboxylic acids is 1. The maximum atomic E-state index is 13.7. The van der Waals surface area contributed by atoms with Crippen molar-refractivity contribution in [2.45, 2.75) is 37.8 Å². The number of nitrogens with zero attached hydrogens (tertiary/aromatic N) is 1. The summed E-state index contributed by atoms with van der Waals surface area (Å²) < 4.78 is 19.6. The molecule has 0 bridgehead atoms. The fourth-order valence-electron chi connectivity index (χ4n) is 3.94. The third-order valence-electron chi connectivity index (χ3n) is 5.56. The number of ether oxygens (including phenoxy) is 1. The lowest BCUT2D eigenvalue weighted by atomic mass is 10.0. The first-order chi connectivity index (χ1) is 14.7. The molecule has 2 aliphatic rings. The van der Waals surface area contributed by atoms with Crippen molar-refractivity contribution in [1.82, 2.24) is 15.7 Å². The molecule has 2 aliphatic heterocycles. The Bertz CT molecular complexity index is 849. The number of amides is 1. The van der Waals surface area contributed by atoms with Gasteiger partial charge >= 0.3 is 0 Å². The predicted molar refractivity (Wildman–Crippen MR) is 111 cm³/mol. The van der Waals surface area contributed by atoms with Gasteiger partial charge in [-0.05, 0) is 43.0 Å². The molecule has 0 saturated carbocycles. The summed E-state index contributed by atoms with van der Waals surface area (Å²) in [4.78, 5) is 20.4. The summed E-state index contributed by atoms with van der Waals surface area (Å²) in [5.41, 5.74) is 4.60. The first-order valence-corrected chi connectivity index (χ1v) is 10.6. The van der Waals surface area contributed by atoms with Crippen molar-refractivity contribution < 1.29 is 18.8 Å². The van der Waals surface area contributed by atoms with Crippen molar-refractivity contribution in [2.24, 2.45) is 0 Å². The molecule has 160 valence electrons. The van der Waals surface area contributed by atoms with Crippen LogP contribution in [0.2, 0.25) is 0 Å². The maximum absolute atomic E-state index is 13.7. The maximum Gasteiger partial charge on any atom is 0.255 e. The minimum atomic E-state index is -0.450. The van der Waals surface area contributed by atoms with E-state index in [4.69, 9.17) is 9.57 Å². The van der Waals surface area contributed by atoms with Crippen molar-refractivity contribution in [3.63, 3.8) is 0 Å². The van der Waals surface area contributed by atoms with Gasteiger partial charge < -0.3 is 10.1 Å². The summed E-state index contributed by atoms with van der Waals surface area (Å²) in [6.07, 6.45) is 3.83. The average molecular weight is 413 g/mol. The summed E-state index contributed by atoms with van der Waals surface area (Å²) in [6, 6.07) is 14.5. The van der Waals surface area contributed by atoms with E-state index in [9.17, 15) is 9.18 Å². The molecule has 2 atom stereocenters. The van der Waals surface area contributed by atoms with Crippen molar-refractivity contribution >= 4 is 5.91 Å². The van der Waals surface area contributed by atoms with Gasteiger partial charge in [-0.1, -0.05) is 36.8 Å². The fraction of sp³-hybridized carbons (Fsp3) is 0.435. The highest BCUT2D eigenvalue weighted by atomic mass is 19.1. The molecule has 6 nitrogen and oxygen atoms in total. The van der Waals surface area contributed by atoms with Gasteiger partial charge in [-0.2, -0.15) is 5.48 Å². The van der Waals surface area contributed by atoms with Gasteiger partial charge in [-0.3, -0.25) is 14.5 Å². The van der Waals surface area contributed by atoms with Crippen LogP contribution in [0.1, 0.15) is 47.6 Å². The molecule has 1 amide bonds. The van der Waals surface area contributed by atoms with E-state index >= 15 is 0 Å². The molecule has 30 heavy (non-hydrogen) atoms.